The van der Waals surface area contributed by atoms with Crippen LogP contribution in [0.5, 0.6) is 0 Å². The van der Waals surface area contributed by atoms with Crippen LogP contribution in [0.1, 0.15) is 41.5 Å². The molecular weight excluding hydrogens is 204 g/mol. The number of carbonyl (C=O) groups excluding carboxylic acids is 3. The fourth-order valence-electron chi connectivity index (χ4n) is 2.17. The fraction of sp³-hybridized carbons (Fsp3) is 0.615. The van der Waals surface area contributed by atoms with E-state index >= 15 is 0 Å². The van der Waals surface area contributed by atoms with Gasteiger partial charge < -0.3 is 0 Å². The Bertz CT molecular complexity index is 386. The summed E-state index contributed by atoms with van der Waals surface area (Å²) in [7, 11) is 0. The molecule has 0 spiro atoms. The van der Waals surface area contributed by atoms with Gasteiger partial charge in [0.25, 0.3) is 0 Å². The van der Waals surface area contributed by atoms with Crippen LogP contribution in [0.2, 0.25) is 0 Å². The molecule has 1 saturated carbocycles. The smallest absolute Gasteiger partial charge is 0.179 e. The number of ketones is 3. The molecule has 88 valence electrons. The highest BCUT2D eigenvalue weighted by Crippen LogP contribution is 2.41. The Morgan fingerprint density at radius 3 is 1.38 bits per heavy atom. The number of Topliss-reactive ketones (excluding diaryl/α,β-unsaturated/α-hetero) is 3. The van der Waals surface area contributed by atoms with Crippen LogP contribution < -0.4 is 0 Å². The summed E-state index contributed by atoms with van der Waals surface area (Å²) in [4.78, 5) is 36.3. The van der Waals surface area contributed by atoms with E-state index in [9.17, 15) is 14.4 Å². The number of hydrogen-bond donors (Lipinski definition) is 0. The lowest BCUT2D eigenvalue weighted by molar-refractivity contribution is -0.151. The van der Waals surface area contributed by atoms with E-state index in [-0.39, 0.29) is 22.9 Å². The molecule has 3 heteroatoms. The summed E-state index contributed by atoms with van der Waals surface area (Å²) in [5, 5.41) is 0. The Kier molecular flexibility index (Phi) is 2.70. The largest absolute Gasteiger partial charge is 0.297 e. The van der Waals surface area contributed by atoms with Crippen LogP contribution in [0.25, 0.3) is 0 Å². The van der Waals surface area contributed by atoms with Gasteiger partial charge in [0.15, 0.2) is 17.3 Å². The van der Waals surface area contributed by atoms with Crippen molar-refractivity contribution in [3.8, 4) is 0 Å². The summed E-state index contributed by atoms with van der Waals surface area (Å²) in [5.74, 6) is -0.983. The molecule has 1 aliphatic rings. The topological polar surface area (TPSA) is 51.2 Å². The van der Waals surface area contributed by atoms with Crippen molar-refractivity contribution in [2.75, 3.05) is 0 Å². The highest BCUT2D eigenvalue weighted by atomic mass is 16.2. The van der Waals surface area contributed by atoms with E-state index in [1.165, 1.54) is 0 Å². The lowest BCUT2D eigenvalue weighted by Gasteiger charge is -2.37. The lowest BCUT2D eigenvalue weighted by atomic mass is 9.60. The number of hydrogen-bond acceptors (Lipinski definition) is 3. The number of allylic oxidation sites excluding steroid dienone is 2. The highest BCUT2D eigenvalue weighted by molar-refractivity contribution is 6.38. The molecule has 0 unspecified atom stereocenters. The maximum absolute atomic E-state index is 12.1. The molecular formula is C13H18O3. The molecule has 0 aromatic heterocycles. The van der Waals surface area contributed by atoms with Crippen molar-refractivity contribution in [2.45, 2.75) is 41.5 Å². The summed E-state index contributed by atoms with van der Waals surface area (Å²) in [5.41, 5.74) is -1.30. The Morgan fingerprint density at radius 1 is 0.812 bits per heavy atom. The third-order valence-corrected chi connectivity index (χ3v) is 3.22. The van der Waals surface area contributed by atoms with Gasteiger partial charge in [0.2, 0.25) is 0 Å². The first-order chi connectivity index (χ1) is 7.04. The molecule has 0 heterocycles. The van der Waals surface area contributed by atoms with Crippen molar-refractivity contribution in [2.24, 2.45) is 10.8 Å². The third kappa shape index (κ3) is 1.46. The molecule has 0 aromatic rings. The molecule has 3 nitrogen and oxygen atoms in total. The highest BCUT2D eigenvalue weighted by Gasteiger charge is 2.55. The lowest BCUT2D eigenvalue weighted by Crippen LogP contribution is -2.54. The molecule has 0 aliphatic heterocycles. The van der Waals surface area contributed by atoms with E-state index in [0.717, 1.165) is 0 Å². The van der Waals surface area contributed by atoms with Crippen molar-refractivity contribution in [3.63, 3.8) is 0 Å². The van der Waals surface area contributed by atoms with Crippen molar-refractivity contribution >= 4 is 17.3 Å². The summed E-state index contributed by atoms with van der Waals surface area (Å²) in [6.07, 6.45) is 0. The standard InChI is InChI=1S/C13H18O3/c1-7(2)8-9(14)12(3,4)11(16)13(5,6)10(8)15/h1-6H3. The first-order valence-corrected chi connectivity index (χ1v) is 5.36. The summed E-state index contributed by atoms with van der Waals surface area (Å²) < 4.78 is 0. The van der Waals surface area contributed by atoms with Crippen LogP contribution in [0.3, 0.4) is 0 Å². The van der Waals surface area contributed by atoms with Gasteiger partial charge in [-0.2, -0.15) is 0 Å². The van der Waals surface area contributed by atoms with E-state index in [2.05, 4.69) is 0 Å². The van der Waals surface area contributed by atoms with Gasteiger partial charge in [-0.25, -0.2) is 0 Å². The summed E-state index contributed by atoms with van der Waals surface area (Å²) >= 11 is 0. The van der Waals surface area contributed by atoms with Crippen molar-refractivity contribution < 1.29 is 14.4 Å². The second kappa shape index (κ2) is 3.37. The Balaban J connectivity index is 3.53. The normalized spacial score (nSPS) is 23.6. The monoisotopic (exact) mass is 222 g/mol. The van der Waals surface area contributed by atoms with Crippen molar-refractivity contribution in [1.82, 2.24) is 0 Å². The van der Waals surface area contributed by atoms with Gasteiger partial charge in [-0.3, -0.25) is 14.4 Å². The van der Waals surface area contributed by atoms with Crippen LogP contribution in [0.4, 0.5) is 0 Å². The van der Waals surface area contributed by atoms with Gasteiger partial charge in [0.1, 0.15) is 0 Å². The minimum absolute atomic E-state index is 0.203. The van der Waals surface area contributed by atoms with Crippen molar-refractivity contribution in [3.05, 3.63) is 11.1 Å². The molecule has 0 radical (unpaired) electrons. The quantitative estimate of drug-likeness (QED) is 0.358. The van der Waals surface area contributed by atoms with Gasteiger partial charge in [-0.05, 0) is 41.5 Å². The molecule has 0 atom stereocenters. The molecule has 0 N–H and O–H groups in total. The zero-order chi connectivity index (χ0) is 12.9. The maximum atomic E-state index is 12.1. The van der Waals surface area contributed by atoms with Gasteiger partial charge >= 0.3 is 0 Å². The van der Waals surface area contributed by atoms with Crippen LogP contribution >= 0.6 is 0 Å². The predicted molar refractivity (Wildman–Crippen MR) is 61.0 cm³/mol. The van der Waals surface area contributed by atoms with Crippen LogP contribution in [-0.4, -0.2) is 17.3 Å². The average Bonchev–Trinajstić information content (AvgIpc) is 2.14. The molecule has 1 rings (SSSR count). The second-order valence-electron chi connectivity index (χ2n) is 5.61. The molecule has 0 saturated heterocycles. The SMILES string of the molecule is CC(C)=C1C(=O)C(C)(C)C(=O)C(C)(C)C1=O. The predicted octanol–water partition coefficient (Wildman–Crippen LogP) is 2.10. The van der Waals surface area contributed by atoms with Gasteiger partial charge in [0, 0.05) is 0 Å². The third-order valence-electron chi connectivity index (χ3n) is 3.22. The van der Waals surface area contributed by atoms with E-state index in [1.807, 2.05) is 0 Å². The summed E-state index contributed by atoms with van der Waals surface area (Å²) in [6.45, 7) is 9.83. The first kappa shape index (κ1) is 12.8. The summed E-state index contributed by atoms with van der Waals surface area (Å²) in [6, 6.07) is 0. The number of carbonyl (C=O) groups is 3. The van der Waals surface area contributed by atoms with E-state index in [4.69, 9.17) is 0 Å². The maximum Gasteiger partial charge on any atom is 0.179 e. The van der Waals surface area contributed by atoms with Gasteiger partial charge in [0.05, 0.1) is 16.4 Å². The average molecular weight is 222 g/mol. The zero-order valence-electron chi connectivity index (χ0n) is 10.7. The van der Waals surface area contributed by atoms with Crippen LogP contribution in [0.15, 0.2) is 11.1 Å². The van der Waals surface area contributed by atoms with E-state index < -0.39 is 10.8 Å². The number of rotatable bonds is 0. The molecule has 0 bridgehead atoms. The van der Waals surface area contributed by atoms with Crippen LogP contribution in [0, 0.1) is 10.8 Å². The van der Waals surface area contributed by atoms with Crippen molar-refractivity contribution in [1.29, 1.82) is 0 Å². The molecule has 16 heavy (non-hydrogen) atoms. The molecule has 0 amide bonds. The van der Waals surface area contributed by atoms with E-state index in [0.29, 0.717) is 5.57 Å². The van der Waals surface area contributed by atoms with E-state index in [1.54, 1.807) is 41.5 Å². The minimum atomic E-state index is -1.09. The molecule has 1 aliphatic carbocycles. The molecule has 1 fully saturated rings. The minimum Gasteiger partial charge on any atom is -0.297 e. The van der Waals surface area contributed by atoms with Gasteiger partial charge in [-0.1, -0.05) is 5.57 Å². The first-order valence-electron chi connectivity index (χ1n) is 5.36. The zero-order valence-corrected chi connectivity index (χ0v) is 10.7. The fourth-order valence-corrected chi connectivity index (χ4v) is 2.17. The second-order valence-corrected chi connectivity index (χ2v) is 5.61. The Labute approximate surface area is 95.9 Å². The Morgan fingerprint density at radius 2 is 1.12 bits per heavy atom. The Hall–Kier alpha value is -1.25. The van der Waals surface area contributed by atoms with Crippen LogP contribution in [-0.2, 0) is 14.4 Å². The molecule has 0 aromatic carbocycles. The van der Waals surface area contributed by atoms with Gasteiger partial charge in [-0.15, -0.1) is 0 Å².